The van der Waals surface area contributed by atoms with Crippen molar-refractivity contribution in [2.24, 2.45) is 0 Å². The fraction of sp³-hybridized carbons (Fsp3) is 0.125. The van der Waals surface area contributed by atoms with Gasteiger partial charge in [0.05, 0.1) is 4.88 Å². The normalized spacial score (nSPS) is 10.6. The van der Waals surface area contributed by atoms with Crippen LogP contribution in [0.3, 0.4) is 0 Å². The molecule has 0 bridgehead atoms. The predicted molar refractivity (Wildman–Crippen MR) is 82.1 cm³/mol. The van der Waals surface area contributed by atoms with Gasteiger partial charge in [0.2, 0.25) is 0 Å². The highest BCUT2D eigenvalue weighted by Crippen LogP contribution is 2.30. The number of amides is 1. The van der Waals surface area contributed by atoms with Gasteiger partial charge in [0, 0.05) is 11.4 Å². The number of benzene rings is 1. The largest absolute Gasteiger partial charge is 0.442 e. The van der Waals surface area contributed by atoms with Crippen LogP contribution in [-0.2, 0) is 6.54 Å². The fourth-order valence-corrected chi connectivity index (χ4v) is 2.86. The average molecular weight is 316 g/mol. The molecule has 4 nitrogen and oxygen atoms in total. The van der Waals surface area contributed by atoms with Gasteiger partial charge in [-0.05, 0) is 36.8 Å². The van der Waals surface area contributed by atoms with Crippen LogP contribution in [0.4, 0.5) is 4.39 Å². The lowest BCUT2D eigenvalue weighted by atomic mass is 10.2. The van der Waals surface area contributed by atoms with Crippen molar-refractivity contribution in [3.8, 4) is 10.6 Å². The Kier molecular flexibility index (Phi) is 4.02. The Hall–Kier alpha value is -2.47. The summed E-state index contributed by atoms with van der Waals surface area (Å²) < 4.78 is 18.2. The molecule has 2 aromatic heterocycles. The monoisotopic (exact) mass is 316 g/mol. The minimum atomic E-state index is -0.320. The van der Waals surface area contributed by atoms with E-state index in [2.05, 4.69) is 10.3 Å². The van der Waals surface area contributed by atoms with Crippen molar-refractivity contribution in [2.45, 2.75) is 13.5 Å². The van der Waals surface area contributed by atoms with Crippen molar-refractivity contribution in [1.82, 2.24) is 10.3 Å². The van der Waals surface area contributed by atoms with Gasteiger partial charge >= 0.3 is 0 Å². The number of carbonyl (C=O) groups excluding carboxylic acids is 1. The summed E-state index contributed by atoms with van der Waals surface area (Å²) in [6.45, 7) is 2.29. The fourth-order valence-electron chi connectivity index (χ4n) is 2.01. The first kappa shape index (κ1) is 14.5. The summed E-state index contributed by atoms with van der Waals surface area (Å²) in [4.78, 5) is 18.2. The Balaban J connectivity index is 1.73. The second-order valence-electron chi connectivity index (χ2n) is 4.75. The molecule has 6 heteroatoms. The lowest BCUT2D eigenvalue weighted by Crippen LogP contribution is -2.23. The van der Waals surface area contributed by atoms with E-state index >= 15 is 0 Å². The van der Waals surface area contributed by atoms with Crippen LogP contribution in [0.1, 0.15) is 20.9 Å². The van der Waals surface area contributed by atoms with E-state index in [0.29, 0.717) is 12.3 Å². The molecule has 0 aliphatic rings. The third-order valence-corrected chi connectivity index (χ3v) is 4.11. The maximum atomic E-state index is 12.8. The zero-order chi connectivity index (χ0) is 15.5. The molecule has 1 N–H and O–H groups in total. The Morgan fingerprint density at radius 2 is 2.05 bits per heavy atom. The number of nitrogens with one attached hydrogen (secondary N) is 1. The number of hydrogen-bond donors (Lipinski definition) is 1. The highest BCUT2D eigenvalue weighted by molar-refractivity contribution is 7.15. The van der Waals surface area contributed by atoms with Gasteiger partial charge < -0.3 is 9.73 Å². The van der Waals surface area contributed by atoms with Gasteiger partial charge in [-0.25, -0.2) is 9.37 Å². The number of rotatable bonds is 4. The minimum absolute atomic E-state index is 0.254. The summed E-state index contributed by atoms with van der Waals surface area (Å²) in [5.41, 5.74) is 1.07. The van der Waals surface area contributed by atoms with Gasteiger partial charge in [0.15, 0.2) is 17.8 Å². The molecule has 3 aromatic rings. The number of aryl methyl sites for hydroxylation is 1. The summed E-state index contributed by atoms with van der Waals surface area (Å²) in [7, 11) is 0. The molecular weight excluding hydrogens is 303 g/mol. The van der Waals surface area contributed by atoms with Gasteiger partial charge in [-0.3, -0.25) is 4.79 Å². The van der Waals surface area contributed by atoms with E-state index < -0.39 is 0 Å². The van der Waals surface area contributed by atoms with Gasteiger partial charge in [0.25, 0.3) is 5.91 Å². The third-order valence-electron chi connectivity index (χ3n) is 3.11. The summed E-state index contributed by atoms with van der Waals surface area (Å²) in [6, 6.07) is 9.83. The van der Waals surface area contributed by atoms with E-state index in [-0.39, 0.29) is 17.4 Å². The van der Waals surface area contributed by atoms with E-state index in [0.717, 1.165) is 15.3 Å². The number of nitrogens with zero attached hydrogens (tertiary/aromatic N) is 1. The number of hydrogen-bond acceptors (Lipinski definition) is 4. The van der Waals surface area contributed by atoms with Crippen LogP contribution in [0.15, 0.2) is 47.2 Å². The van der Waals surface area contributed by atoms with E-state index in [1.54, 1.807) is 12.1 Å². The Morgan fingerprint density at radius 3 is 2.73 bits per heavy atom. The molecule has 0 atom stereocenters. The molecule has 0 spiro atoms. The van der Waals surface area contributed by atoms with Crippen LogP contribution in [-0.4, -0.2) is 10.9 Å². The van der Waals surface area contributed by atoms with Crippen LogP contribution in [0.2, 0.25) is 0 Å². The summed E-state index contributed by atoms with van der Waals surface area (Å²) >= 11 is 1.54. The zero-order valence-electron chi connectivity index (χ0n) is 11.8. The van der Waals surface area contributed by atoms with Crippen molar-refractivity contribution in [3.05, 3.63) is 64.7 Å². The van der Waals surface area contributed by atoms with Crippen molar-refractivity contribution < 1.29 is 13.6 Å². The molecule has 0 aliphatic carbocycles. The second kappa shape index (κ2) is 6.11. The number of carbonyl (C=O) groups is 1. The molecule has 2 heterocycles. The lowest BCUT2D eigenvalue weighted by molar-refractivity contribution is 0.0947. The molecule has 0 aliphatic heterocycles. The highest BCUT2D eigenvalue weighted by Gasteiger charge is 2.19. The molecule has 0 unspecified atom stereocenters. The lowest BCUT2D eigenvalue weighted by Gasteiger charge is -2.04. The van der Waals surface area contributed by atoms with Crippen molar-refractivity contribution in [1.29, 1.82) is 0 Å². The molecule has 0 saturated heterocycles. The number of oxazole rings is 1. The van der Waals surface area contributed by atoms with Crippen LogP contribution < -0.4 is 5.32 Å². The van der Waals surface area contributed by atoms with E-state index in [1.165, 1.54) is 29.9 Å². The first-order chi connectivity index (χ1) is 10.6. The SMILES string of the molecule is Cc1ccc(-c2ocnc2C(=O)NCc2ccc(F)cc2)s1. The molecular formula is C16H13FN2O2S. The molecule has 3 rings (SSSR count). The maximum absolute atomic E-state index is 12.8. The van der Waals surface area contributed by atoms with Gasteiger partial charge in [-0.15, -0.1) is 11.3 Å². The number of thiophene rings is 1. The van der Waals surface area contributed by atoms with Crippen molar-refractivity contribution >= 4 is 17.2 Å². The first-order valence-electron chi connectivity index (χ1n) is 6.66. The van der Waals surface area contributed by atoms with Crippen LogP contribution in [0.25, 0.3) is 10.6 Å². The molecule has 1 amide bonds. The highest BCUT2D eigenvalue weighted by atomic mass is 32.1. The Bertz CT molecular complexity index is 793. The third kappa shape index (κ3) is 3.07. The van der Waals surface area contributed by atoms with Gasteiger partial charge in [0.1, 0.15) is 5.82 Å². The molecule has 0 radical (unpaired) electrons. The summed E-state index contributed by atoms with van der Waals surface area (Å²) in [5.74, 6) is -0.157. The molecule has 0 saturated carbocycles. The summed E-state index contributed by atoms with van der Waals surface area (Å²) in [6.07, 6.45) is 1.26. The van der Waals surface area contributed by atoms with Crippen molar-refractivity contribution in [3.63, 3.8) is 0 Å². The Morgan fingerprint density at radius 1 is 1.27 bits per heavy atom. The minimum Gasteiger partial charge on any atom is -0.442 e. The topological polar surface area (TPSA) is 55.1 Å². The van der Waals surface area contributed by atoms with E-state index in [1.807, 2.05) is 19.1 Å². The quantitative estimate of drug-likeness (QED) is 0.797. The second-order valence-corrected chi connectivity index (χ2v) is 6.04. The average Bonchev–Trinajstić information content (AvgIpc) is 3.14. The van der Waals surface area contributed by atoms with Crippen molar-refractivity contribution in [2.75, 3.05) is 0 Å². The number of aromatic nitrogens is 1. The van der Waals surface area contributed by atoms with Gasteiger partial charge in [-0.2, -0.15) is 0 Å². The molecule has 1 aromatic carbocycles. The molecule has 112 valence electrons. The molecule has 22 heavy (non-hydrogen) atoms. The van der Waals surface area contributed by atoms with E-state index in [4.69, 9.17) is 4.42 Å². The standard InChI is InChI=1S/C16H13FN2O2S/c1-10-2-7-13(22-10)15-14(19-9-21-15)16(20)18-8-11-3-5-12(17)6-4-11/h2-7,9H,8H2,1H3,(H,18,20). The first-order valence-corrected chi connectivity index (χ1v) is 7.48. The smallest absolute Gasteiger partial charge is 0.274 e. The summed E-state index contributed by atoms with van der Waals surface area (Å²) in [5, 5.41) is 2.76. The van der Waals surface area contributed by atoms with Gasteiger partial charge in [-0.1, -0.05) is 12.1 Å². The molecule has 0 fully saturated rings. The maximum Gasteiger partial charge on any atom is 0.274 e. The van der Waals surface area contributed by atoms with Crippen LogP contribution >= 0.6 is 11.3 Å². The number of halogens is 1. The Labute approximate surface area is 130 Å². The van der Waals surface area contributed by atoms with Crippen LogP contribution in [0, 0.1) is 12.7 Å². The predicted octanol–water partition coefficient (Wildman–Crippen LogP) is 3.78. The van der Waals surface area contributed by atoms with Crippen LogP contribution in [0.5, 0.6) is 0 Å². The van der Waals surface area contributed by atoms with E-state index in [9.17, 15) is 9.18 Å². The zero-order valence-corrected chi connectivity index (χ0v) is 12.6.